The molecule has 0 spiro atoms. The summed E-state index contributed by atoms with van der Waals surface area (Å²) >= 11 is 0. The Labute approximate surface area is 180 Å². The first-order valence-corrected chi connectivity index (χ1v) is 13.4. The molecule has 0 aromatic rings. The van der Waals surface area contributed by atoms with Crippen LogP contribution in [0.5, 0.6) is 0 Å². The highest BCUT2D eigenvalue weighted by Crippen LogP contribution is 2.20. The van der Waals surface area contributed by atoms with Gasteiger partial charge in [0.05, 0.1) is 0 Å². The molecule has 0 N–H and O–H groups in total. The molecule has 28 heavy (non-hydrogen) atoms. The van der Waals surface area contributed by atoms with E-state index >= 15 is 0 Å². The van der Waals surface area contributed by atoms with Crippen molar-refractivity contribution >= 4 is 0 Å². The maximum atomic E-state index is 2.39. The van der Waals surface area contributed by atoms with Crippen LogP contribution in [-0.4, -0.2) is 0 Å². The normalized spacial score (nSPS) is 12.4. The van der Waals surface area contributed by atoms with Gasteiger partial charge in [0, 0.05) is 0 Å². The van der Waals surface area contributed by atoms with Crippen LogP contribution < -0.4 is 0 Å². The standard InChI is InChI=1S/C28H56/c1-5-7-9-11-13-15-17-19-21-23-25-27(3)28(4)26-24-22-20-18-16-14-12-10-8-6-2/h5-26H2,1-4H3. The molecule has 0 radical (unpaired) electrons. The van der Waals surface area contributed by atoms with Crippen LogP contribution in [0.25, 0.3) is 0 Å². The largest absolute Gasteiger partial charge is 0.0744 e. The molecule has 0 heterocycles. The predicted octanol–water partition coefficient (Wildman–Crippen LogP) is 10.9. The van der Waals surface area contributed by atoms with Crippen molar-refractivity contribution in [2.24, 2.45) is 0 Å². The van der Waals surface area contributed by atoms with Crippen molar-refractivity contribution < 1.29 is 0 Å². The van der Waals surface area contributed by atoms with Crippen LogP contribution >= 0.6 is 0 Å². The molecule has 0 aromatic heterocycles. The van der Waals surface area contributed by atoms with Crippen molar-refractivity contribution in [3.8, 4) is 0 Å². The van der Waals surface area contributed by atoms with E-state index in [4.69, 9.17) is 0 Å². The quantitative estimate of drug-likeness (QED) is 0.127. The highest BCUT2D eigenvalue weighted by Gasteiger charge is 1.99. The van der Waals surface area contributed by atoms with Gasteiger partial charge in [0.2, 0.25) is 0 Å². The molecule has 0 aliphatic carbocycles. The highest BCUT2D eigenvalue weighted by atomic mass is 14.1. The fourth-order valence-corrected chi connectivity index (χ4v) is 4.18. The van der Waals surface area contributed by atoms with E-state index in [0.29, 0.717) is 0 Å². The number of rotatable bonds is 22. The summed E-state index contributed by atoms with van der Waals surface area (Å²) in [5.41, 5.74) is 3.38. The number of allylic oxidation sites excluding steroid dienone is 2. The molecular formula is C28H56. The van der Waals surface area contributed by atoms with Crippen molar-refractivity contribution in [2.45, 2.75) is 169 Å². The first-order chi connectivity index (χ1) is 13.7. The van der Waals surface area contributed by atoms with E-state index in [1.54, 1.807) is 11.1 Å². The molecular weight excluding hydrogens is 336 g/mol. The summed E-state index contributed by atoms with van der Waals surface area (Å²) in [5.74, 6) is 0. The predicted molar refractivity (Wildman–Crippen MR) is 131 cm³/mol. The summed E-state index contributed by atoms with van der Waals surface area (Å²) in [6, 6.07) is 0. The van der Waals surface area contributed by atoms with E-state index < -0.39 is 0 Å². The molecule has 0 aliphatic heterocycles. The molecule has 0 heteroatoms. The Hall–Kier alpha value is -0.260. The second-order valence-corrected chi connectivity index (χ2v) is 9.42. The Morgan fingerprint density at radius 2 is 0.536 bits per heavy atom. The number of hydrogen-bond donors (Lipinski definition) is 0. The van der Waals surface area contributed by atoms with Crippen molar-refractivity contribution in [1.82, 2.24) is 0 Å². The second-order valence-electron chi connectivity index (χ2n) is 9.42. The first-order valence-electron chi connectivity index (χ1n) is 13.4. The lowest BCUT2D eigenvalue weighted by molar-refractivity contribution is 0.552. The molecule has 0 bridgehead atoms. The number of hydrogen-bond acceptors (Lipinski definition) is 0. The molecule has 0 nitrogen and oxygen atoms in total. The van der Waals surface area contributed by atoms with Gasteiger partial charge >= 0.3 is 0 Å². The highest BCUT2D eigenvalue weighted by molar-refractivity contribution is 5.09. The van der Waals surface area contributed by atoms with E-state index in [0.717, 1.165) is 0 Å². The molecule has 0 aliphatic rings. The molecule has 0 rings (SSSR count). The average molecular weight is 393 g/mol. The minimum atomic E-state index is 1.35. The Bertz CT molecular complexity index is 293. The Kier molecular flexibility index (Phi) is 22.8. The summed E-state index contributed by atoms with van der Waals surface area (Å²) in [6.07, 6.45) is 31.6. The van der Waals surface area contributed by atoms with Gasteiger partial charge in [0.1, 0.15) is 0 Å². The third-order valence-electron chi connectivity index (χ3n) is 6.54. The summed E-state index contributed by atoms with van der Waals surface area (Å²) in [4.78, 5) is 0. The van der Waals surface area contributed by atoms with Gasteiger partial charge in [-0.3, -0.25) is 0 Å². The van der Waals surface area contributed by atoms with Crippen LogP contribution in [0.4, 0.5) is 0 Å². The van der Waals surface area contributed by atoms with E-state index in [9.17, 15) is 0 Å². The lowest BCUT2D eigenvalue weighted by Crippen LogP contribution is -1.88. The summed E-state index contributed by atoms with van der Waals surface area (Å²) in [6.45, 7) is 9.38. The minimum absolute atomic E-state index is 1.35. The monoisotopic (exact) mass is 392 g/mol. The molecule has 0 saturated heterocycles. The van der Waals surface area contributed by atoms with Crippen molar-refractivity contribution in [1.29, 1.82) is 0 Å². The first kappa shape index (κ1) is 27.7. The molecule has 0 saturated carbocycles. The summed E-state index contributed by atoms with van der Waals surface area (Å²) in [7, 11) is 0. The van der Waals surface area contributed by atoms with Crippen LogP contribution in [0.15, 0.2) is 11.1 Å². The summed E-state index contributed by atoms with van der Waals surface area (Å²) in [5, 5.41) is 0. The summed E-state index contributed by atoms with van der Waals surface area (Å²) < 4.78 is 0. The zero-order chi connectivity index (χ0) is 20.7. The van der Waals surface area contributed by atoms with Crippen molar-refractivity contribution in [2.75, 3.05) is 0 Å². The van der Waals surface area contributed by atoms with E-state index in [1.807, 2.05) is 0 Å². The van der Waals surface area contributed by atoms with E-state index in [-0.39, 0.29) is 0 Å². The third-order valence-corrected chi connectivity index (χ3v) is 6.54. The third kappa shape index (κ3) is 20.5. The lowest BCUT2D eigenvalue weighted by atomic mass is 9.98. The van der Waals surface area contributed by atoms with Gasteiger partial charge < -0.3 is 0 Å². The van der Waals surface area contributed by atoms with Crippen LogP contribution in [0.2, 0.25) is 0 Å². The smallest absolute Gasteiger partial charge is 0.0320 e. The van der Waals surface area contributed by atoms with Crippen LogP contribution in [0.3, 0.4) is 0 Å². The van der Waals surface area contributed by atoms with Crippen LogP contribution in [0.1, 0.15) is 169 Å². The molecule has 0 amide bonds. The topological polar surface area (TPSA) is 0 Å². The SMILES string of the molecule is CCCCCCCCCCCCC(C)=C(C)CCCCCCCCCCCC. The van der Waals surface area contributed by atoms with Gasteiger partial charge in [-0.1, -0.05) is 141 Å². The zero-order valence-corrected chi connectivity index (χ0v) is 20.6. The molecule has 0 atom stereocenters. The Balaban J connectivity index is 3.41. The number of unbranched alkanes of at least 4 members (excludes halogenated alkanes) is 18. The maximum Gasteiger partial charge on any atom is -0.0320 e. The van der Waals surface area contributed by atoms with Crippen LogP contribution in [0, 0.1) is 0 Å². The van der Waals surface area contributed by atoms with Gasteiger partial charge in [-0.25, -0.2) is 0 Å². The van der Waals surface area contributed by atoms with Gasteiger partial charge in [0.25, 0.3) is 0 Å². The van der Waals surface area contributed by atoms with Crippen molar-refractivity contribution in [3.05, 3.63) is 11.1 Å². The minimum Gasteiger partial charge on any atom is -0.0744 e. The van der Waals surface area contributed by atoms with Crippen molar-refractivity contribution in [3.63, 3.8) is 0 Å². The van der Waals surface area contributed by atoms with Gasteiger partial charge in [0.15, 0.2) is 0 Å². The lowest BCUT2D eigenvalue weighted by Gasteiger charge is -2.08. The zero-order valence-electron chi connectivity index (χ0n) is 20.6. The molecule has 168 valence electrons. The molecule has 0 fully saturated rings. The Morgan fingerprint density at radius 1 is 0.321 bits per heavy atom. The Morgan fingerprint density at radius 3 is 0.786 bits per heavy atom. The molecule has 0 unspecified atom stereocenters. The fourth-order valence-electron chi connectivity index (χ4n) is 4.18. The van der Waals surface area contributed by atoms with E-state index in [1.165, 1.54) is 141 Å². The fraction of sp³-hybridized carbons (Fsp3) is 0.929. The van der Waals surface area contributed by atoms with Gasteiger partial charge in [-0.15, -0.1) is 0 Å². The maximum absolute atomic E-state index is 2.39. The van der Waals surface area contributed by atoms with Gasteiger partial charge in [-0.05, 0) is 39.5 Å². The average Bonchev–Trinajstić information content (AvgIpc) is 2.70. The van der Waals surface area contributed by atoms with E-state index in [2.05, 4.69) is 27.7 Å². The molecule has 0 aromatic carbocycles. The van der Waals surface area contributed by atoms with Gasteiger partial charge in [-0.2, -0.15) is 0 Å². The van der Waals surface area contributed by atoms with Crippen LogP contribution in [-0.2, 0) is 0 Å². The second kappa shape index (κ2) is 23.0.